The first kappa shape index (κ1) is 13.2. The van der Waals surface area contributed by atoms with E-state index in [0.29, 0.717) is 37.2 Å². The Bertz CT molecular complexity index is 519. The Morgan fingerprint density at radius 1 is 1.26 bits per heavy atom. The van der Waals surface area contributed by atoms with Crippen LogP contribution in [0.1, 0.15) is 11.5 Å². The SMILES string of the molecule is COCc1nc(N)cc(OCCc2ccccn2)n1. The van der Waals surface area contributed by atoms with Gasteiger partial charge in [0.1, 0.15) is 12.4 Å². The fourth-order valence-electron chi connectivity index (χ4n) is 1.57. The van der Waals surface area contributed by atoms with Crippen molar-refractivity contribution in [1.82, 2.24) is 15.0 Å². The Morgan fingerprint density at radius 2 is 2.16 bits per heavy atom. The number of nitrogen functional groups attached to an aromatic ring is 1. The van der Waals surface area contributed by atoms with Gasteiger partial charge < -0.3 is 15.2 Å². The van der Waals surface area contributed by atoms with Crippen molar-refractivity contribution < 1.29 is 9.47 Å². The fourth-order valence-corrected chi connectivity index (χ4v) is 1.57. The highest BCUT2D eigenvalue weighted by atomic mass is 16.5. The Morgan fingerprint density at radius 3 is 2.89 bits per heavy atom. The van der Waals surface area contributed by atoms with Crippen LogP contribution in [0.4, 0.5) is 5.82 Å². The molecule has 2 N–H and O–H groups in total. The molecule has 2 aromatic rings. The van der Waals surface area contributed by atoms with Crippen molar-refractivity contribution in [2.45, 2.75) is 13.0 Å². The molecular formula is C13H16N4O2. The molecule has 0 spiro atoms. The van der Waals surface area contributed by atoms with Gasteiger partial charge in [0, 0.05) is 31.5 Å². The molecule has 100 valence electrons. The van der Waals surface area contributed by atoms with Crippen LogP contribution in [0, 0.1) is 0 Å². The smallest absolute Gasteiger partial charge is 0.218 e. The van der Waals surface area contributed by atoms with Crippen LogP contribution in [-0.2, 0) is 17.8 Å². The molecule has 6 heteroatoms. The van der Waals surface area contributed by atoms with Crippen LogP contribution in [-0.4, -0.2) is 28.7 Å². The summed E-state index contributed by atoms with van der Waals surface area (Å²) in [6.45, 7) is 0.793. The number of hydrogen-bond acceptors (Lipinski definition) is 6. The Hall–Kier alpha value is -2.21. The number of pyridine rings is 1. The van der Waals surface area contributed by atoms with Gasteiger partial charge in [0.05, 0.1) is 6.61 Å². The van der Waals surface area contributed by atoms with E-state index in [2.05, 4.69) is 15.0 Å². The maximum absolute atomic E-state index is 5.67. The molecule has 19 heavy (non-hydrogen) atoms. The lowest BCUT2D eigenvalue weighted by Crippen LogP contribution is -2.07. The van der Waals surface area contributed by atoms with Crippen LogP contribution in [0.15, 0.2) is 30.5 Å². The summed E-state index contributed by atoms with van der Waals surface area (Å²) >= 11 is 0. The van der Waals surface area contributed by atoms with Gasteiger partial charge in [-0.3, -0.25) is 4.98 Å². The number of nitrogens with zero attached hydrogens (tertiary/aromatic N) is 3. The summed E-state index contributed by atoms with van der Waals surface area (Å²) in [5, 5.41) is 0. The van der Waals surface area contributed by atoms with Crippen molar-refractivity contribution in [2.75, 3.05) is 19.5 Å². The molecule has 6 nitrogen and oxygen atoms in total. The van der Waals surface area contributed by atoms with Gasteiger partial charge in [0.2, 0.25) is 5.88 Å². The number of anilines is 1. The minimum Gasteiger partial charge on any atom is -0.477 e. The zero-order valence-electron chi connectivity index (χ0n) is 10.7. The molecule has 0 fully saturated rings. The second kappa shape index (κ2) is 6.65. The van der Waals surface area contributed by atoms with Crippen LogP contribution in [0.5, 0.6) is 5.88 Å². The molecule has 0 aliphatic carbocycles. The molecule has 2 heterocycles. The average molecular weight is 260 g/mol. The second-order valence-corrected chi connectivity index (χ2v) is 3.90. The number of methoxy groups -OCH3 is 1. The quantitative estimate of drug-likeness (QED) is 0.840. The lowest BCUT2D eigenvalue weighted by molar-refractivity contribution is 0.176. The molecule has 2 aromatic heterocycles. The molecule has 0 saturated heterocycles. The maximum atomic E-state index is 5.67. The number of rotatable bonds is 6. The van der Waals surface area contributed by atoms with Crippen molar-refractivity contribution in [3.05, 3.63) is 42.0 Å². The van der Waals surface area contributed by atoms with Gasteiger partial charge in [-0.2, -0.15) is 4.98 Å². The molecule has 0 aliphatic rings. The van der Waals surface area contributed by atoms with Crippen molar-refractivity contribution in [1.29, 1.82) is 0 Å². The average Bonchev–Trinajstić information content (AvgIpc) is 2.40. The van der Waals surface area contributed by atoms with Gasteiger partial charge in [0.25, 0.3) is 0 Å². The second-order valence-electron chi connectivity index (χ2n) is 3.90. The highest BCUT2D eigenvalue weighted by Crippen LogP contribution is 2.11. The number of nitrogens with two attached hydrogens (primary N) is 1. The van der Waals surface area contributed by atoms with Gasteiger partial charge in [0.15, 0.2) is 5.82 Å². The third-order valence-electron chi connectivity index (χ3n) is 2.38. The standard InChI is InChI=1S/C13H16N4O2/c1-18-9-12-16-11(14)8-13(17-12)19-7-5-10-4-2-3-6-15-10/h2-4,6,8H,5,7,9H2,1H3,(H2,14,16,17). The first-order valence-corrected chi connectivity index (χ1v) is 5.93. The molecule has 0 saturated carbocycles. The molecule has 0 unspecified atom stereocenters. The van der Waals surface area contributed by atoms with Crippen molar-refractivity contribution in [2.24, 2.45) is 0 Å². The lowest BCUT2D eigenvalue weighted by atomic mass is 10.3. The third-order valence-corrected chi connectivity index (χ3v) is 2.38. The van der Waals surface area contributed by atoms with E-state index in [1.165, 1.54) is 0 Å². The van der Waals surface area contributed by atoms with E-state index in [-0.39, 0.29) is 0 Å². The van der Waals surface area contributed by atoms with E-state index in [1.807, 2.05) is 18.2 Å². The monoisotopic (exact) mass is 260 g/mol. The fraction of sp³-hybridized carbons (Fsp3) is 0.308. The predicted octanol–water partition coefficient (Wildman–Crippen LogP) is 1.22. The maximum Gasteiger partial charge on any atom is 0.218 e. The van der Waals surface area contributed by atoms with Crippen LogP contribution in [0.25, 0.3) is 0 Å². The summed E-state index contributed by atoms with van der Waals surface area (Å²) in [4.78, 5) is 12.5. The molecule has 0 bridgehead atoms. The summed E-state index contributed by atoms with van der Waals surface area (Å²) in [6, 6.07) is 7.37. The highest BCUT2D eigenvalue weighted by Gasteiger charge is 2.04. The van der Waals surface area contributed by atoms with E-state index in [9.17, 15) is 0 Å². The molecule has 0 aliphatic heterocycles. The van der Waals surface area contributed by atoms with Gasteiger partial charge >= 0.3 is 0 Å². The summed E-state index contributed by atoms with van der Waals surface area (Å²) in [5.74, 6) is 1.33. The first-order valence-electron chi connectivity index (χ1n) is 5.93. The van der Waals surface area contributed by atoms with Gasteiger partial charge in [-0.05, 0) is 12.1 Å². The number of ether oxygens (including phenoxy) is 2. The lowest BCUT2D eigenvalue weighted by Gasteiger charge is -2.07. The van der Waals surface area contributed by atoms with Crippen LogP contribution in [0.2, 0.25) is 0 Å². The molecule has 2 rings (SSSR count). The zero-order chi connectivity index (χ0) is 13.5. The third kappa shape index (κ3) is 4.18. The largest absolute Gasteiger partial charge is 0.477 e. The van der Waals surface area contributed by atoms with Crippen LogP contribution < -0.4 is 10.5 Å². The molecular weight excluding hydrogens is 244 g/mol. The highest BCUT2D eigenvalue weighted by molar-refractivity contribution is 5.32. The van der Waals surface area contributed by atoms with E-state index < -0.39 is 0 Å². The van der Waals surface area contributed by atoms with Gasteiger partial charge in [-0.15, -0.1) is 0 Å². The Labute approximate surface area is 111 Å². The normalized spacial score (nSPS) is 10.4. The minimum atomic E-state index is 0.307. The van der Waals surface area contributed by atoms with Crippen LogP contribution in [0.3, 0.4) is 0 Å². The summed E-state index contributed by atoms with van der Waals surface area (Å²) < 4.78 is 10.5. The van der Waals surface area contributed by atoms with E-state index >= 15 is 0 Å². The first-order chi connectivity index (χ1) is 9.28. The summed E-state index contributed by atoms with van der Waals surface area (Å²) in [5.41, 5.74) is 6.65. The molecule has 0 aromatic carbocycles. The van der Waals surface area contributed by atoms with E-state index in [1.54, 1.807) is 19.4 Å². The van der Waals surface area contributed by atoms with E-state index in [4.69, 9.17) is 15.2 Å². The van der Waals surface area contributed by atoms with E-state index in [0.717, 1.165) is 5.69 Å². The van der Waals surface area contributed by atoms with Gasteiger partial charge in [-0.25, -0.2) is 4.98 Å². The minimum absolute atomic E-state index is 0.307. The molecule has 0 atom stereocenters. The van der Waals surface area contributed by atoms with Crippen molar-refractivity contribution in [3.8, 4) is 5.88 Å². The Balaban J connectivity index is 1.92. The van der Waals surface area contributed by atoms with Crippen molar-refractivity contribution in [3.63, 3.8) is 0 Å². The zero-order valence-corrected chi connectivity index (χ0v) is 10.7. The Kier molecular flexibility index (Phi) is 4.63. The van der Waals surface area contributed by atoms with Crippen molar-refractivity contribution >= 4 is 5.82 Å². The topological polar surface area (TPSA) is 83.2 Å². The predicted molar refractivity (Wildman–Crippen MR) is 70.6 cm³/mol. The summed E-state index contributed by atoms with van der Waals surface area (Å²) in [6.07, 6.45) is 2.47. The molecule has 0 amide bonds. The number of hydrogen-bond donors (Lipinski definition) is 1. The van der Waals surface area contributed by atoms with Crippen LogP contribution >= 0.6 is 0 Å². The van der Waals surface area contributed by atoms with Gasteiger partial charge in [-0.1, -0.05) is 6.07 Å². The summed E-state index contributed by atoms with van der Waals surface area (Å²) in [7, 11) is 1.58. The number of aromatic nitrogens is 3. The molecule has 0 radical (unpaired) electrons.